The molecule has 1 aliphatic rings. The van der Waals surface area contributed by atoms with Crippen molar-refractivity contribution in [1.29, 1.82) is 0 Å². The van der Waals surface area contributed by atoms with Gasteiger partial charge >= 0.3 is 5.76 Å². The number of hydrogen-bond acceptors (Lipinski definition) is 5. The summed E-state index contributed by atoms with van der Waals surface area (Å²) in [6, 6.07) is 9.60. The van der Waals surface area contributed by atoms with E-state index in [1.54, 1.807) is 24.3 Å². The highest BCUT2D eigenvalue weighted by atomic mass is 35.5. The minimum absolute atomic E-state index is 0.0356. The fraction of sp³-hybridized carbons (Fsp3) is 0.333. The van der Waals surface area contributed by atoms with E-state index in [1.807, 2.05) is 6.92 Å². The van der Waals surface area contributed by atoms with Crippen LogP contribution in [0.25, 0.3) is 11.1 Å². The van der Waals surface area contributed by atoms with Crippen LogP contribution in [0.3, 0.4) is 0 Å². The molecule has 1 N–H and O–H groups in total. The summed E-state index contributed by atoms with van der Waals surface area (Å²) in [5, 5.41) is 3.30. The Morgan fingerprint density at radius 3 is 2.61 bits per heavy atom. The molecule has 0 saturated carbocycles. The number of oxazole rings is 1. The monoisotopic (exact) mass is 463 g/mol. The molecule has 164 valence electrons. The number of anilines is 1. The molecule has 2 aromatic carbocycles. The van der Waals surface area contributed by atoms with E-state index in [0.717, 1.165) is 18.4 Å². The number of aromatic nitrogens is 1. The predicted octanol–water partition coefficient (Wildman–Crippen LogP) is 3.37. The van der Waals surface area contributed by atoms with Crippen LogP contribution in [-0.2, 0) is 21.4 Å². The van der Waals surface area contributed by atoms with E-state index in [2.05, 4.69) is 5.32 Å². The first kappa shape index (κ1) is 21.6. The van der Waals surface area contributed by atoms with Gasteiger partial charge in [-0.25, -0.2) is 13.2 Å². The van der Waals surface area contributed by atoms with Gasteiger partial charge in [0.05, 0.1) is 10.4 Å². The number of aryl methyl sites for hydroxylation is 2. The Balaban J connectivity index is 1.50. The average molecular weight is 464 g/mol. The molecule has 0 unspecified atom stereocenters. The smallest absolute Gasteiger partial charge is 0.408 e. The van der Waals surface area contributed by atoms with Crippen LogP contribution in [0.1, 0.15) is 24.8 Å². The second-order valence-electron chi connectivity index (χ2n) is 7.52. The Labute approximate surface area is 184 Å². The minimum atomic E-state index is -3.61. The first-order valence-electron chi connectivity index (χ1n) is 9.95. The summed E-state index contributed by atoms with van der Waals surface area (Å²) < 4.78 is 33.5. The molecule has 1 aromatic heterocycles. The van der Waals surface area contributed by atoms with E-state index in [0.29, 0.717) is 29.3 Å². The van der Waals surface area contributed by atoms with E-state index in [1.165, 1.54) is 21.0 Å². The molecule has 3 aromatic rings. The van der Waals surface area contributed by atoms with Crippen molar-refractivity contribution in [3.05, 3.63) is 57.5 Å². The molecule has 0 bridgehead atoms. The summed E-state index contributed by atoms with van der Waals surface area (Å²) in [6.07, 6.45) is 1.71. The molecule has 1 amide bonds. The molecule has 0 atom stereocenters. The number of sulfonamides is 1. The second-order valence-corrected chi connectivity index (χ2v) is 9.87. The zero-order chi connectivity index (χ0) is 22.2. The van der Waals surface area contributed by atoms with E-state index in [-0.39, 0.29) is 29.4 Å². The van der Waals surface area contributed by atoms with E-state index >= 15 is 0 Å². The summed E-state index contributed by atoms with van der Waals surface area (Å²) in [6.45, 7) is 2.95. The highest BCUT2D eigenvalue weighted by Crippen LogP contribution is 2.24. The molecular formula is C21H22ClN3O5S. The lowest BCUT2D eigenvalue weighted by atomic mass is 10.2. The third-order valence-electron chi connectivity index (χ3n) is 5.36. The maximum Gasteiger partial charge on any atom is 0.419 e. The van der Waals surface area contributed by atoms with Crippen LogP contribution in [0, 0.1) is 6.92 Å². The predicted molar refractivity (Wildman–Crippen MR) is 118 cm³/mol. The van der Waals surface area contributed by atoms with Gasteiger partial charge in [0.15, 0.2) is 5.58 Å². The lowest BCUT2D eigenvalue weighted by Gasteiger charge is -2.15. The number of carbonyl (C=O) groups excluding carboxylic acids is 1. The van der Waals surface area contributed by atoms with Gasteiger partial charge in [0.1, 0.15) is 0 Å². The molecule has 1 saturated heterocycles. The number of halogens is 1. The Morgan fingerprint density at radius 1 is 1.16 bits per heavy atom. The standard InChI is InChI=1S/C21H22ClN3O5S/c1-14-4-5-15(12-17(14)22)23-20(26)8-11-25-18-7-6-16(13-19(18)30-21(25)27)31(28,29)24-9-2-3-10-24/h4-7,12-13H,2-3,8-11H2,1H3,(H,23,26). The van der Waals surface area contributed by atoms with Crippen LogP contribution < -0.4 is 11.1 Å². The number of fused-ring (bicyclic) bond motifs is 1. The molecular weight excluding hydrogens is 442 g/mol. The molecule has 0 spiro atoms. The maximum absolute atomic E-state index is 12.7. The first-order chi connectivity index (χ1) is 14.8. The fourth-order valence-electron chi connectivity index (χ4n) is 3.60. The highest BCUT2D eigenvalue weighted by molar-refractivity contribution is 7.89. The lowest BCUT2D eigenvalue weighted by molar-refractivity contribution is -0.116. The van der Waals surface area contributed by atoms with E-state index in [4.69, 9.17) is 16.0 Å². The topological polar surface area (TPSA) is 102 Å². The van der Waals surface area contributed by atoms with Crippen LogP contribution >= 0.6 is 11.6 Å². The summed E-state index contributed by atoms with van der Waals surface area (Å²) >= 11 is 6.07. The normalized spacial score (nSPS) is 14.9. The average Bonchev–Trinajstić information content (AvgIpc) is 3.37. The number of nitrogens with zero attached hydrogens (tertiary/aromatic N) is 2. The van der Waals surface area contributed by atoms with Gasteiger partial charge in [0.25, 0.3) is 0 Å². The lowest BCUT2D eigenvalue weighted by Crippen LogP contribution is -2.27. The van der Waals surface area contributed by atoms with Gasteiger partial charge in [0, 0.05) is 42.8 Å². The van der Waals surface area contributed by atoms with Crippen molar-refractivity contribution in [2.45, 2.75) is 37.6 Å². The Morgan fingerprint density at radius 2 is 1.90 bits per heavy atom. The molecule has 8 nitrogen and oxygen atoms in total. The summed E-state index contributed by atoms with van der Waals surface area (Å²) in [5.74, 6) is -0.925. The van der Waals surface area contributed by atoms with Crippen molar-refractivity contribution in [2.24, 2.45) is 0 Å². The highest BCUT2D eigenvalue weighted by Gasteiger charge is 2.28. The number of amides is 1. The molecule has 10 heteroatoms. The van der Waals surface area contributed by atoms with Crippen molar-refractivity contribution in [3.8, 4) is 0 Å². The molecule has 4 rings (SSSR count). The zero-order valence-electron chi connectivity index (χ0n) is 16.9. The van der Waals surface area contributed by atoms with Gasteiger partial charge in [-0.05, 0) is 49.6 Å². The Hall–Kier alpha value is -2.62. The van der Waals surface area contributed by atoms with Crippen molar-refractivity contribution >= 4 is 44.3 Å². The van der Waals surface area contributed by atoms with Crippen LogP contribution in [0.2, 0.25) is 5.02 Å². The van der Waals surface area contributed by atoms with Crippen LogP contribution in [-0.4, -0.2) is 36.3 Å². The quantitative estimate of drug-likeness (QED) is 0.603. The van der Waals surface area contributed by atoms with Crippen LogP contribution in [0.4, 0.5) is 5.69 Å². The maximum atomic E-state index is 12.7. The summed E-state index contributed by atoms with van der Waals surface area (Å²) in [7, 11) is -3.61. The summed E-state index contributed by atoms with van der Waals surface area (Å²) in [5.41, 5.74) is 2.09. The number of benzene rings is 2. The largest absolute Gasteiger partial charge is 0.419 e. The second kappa shape index (κ2) is 8.49. The molecule has 1 aliphatic heterocycles. The van der Waals surface area contributed by atoms with Crippen molar-refractivity contribution in [2.75, 3.05) is 18.4 Å². The Bertz CT molecular complexity index is 1310. The minimum Gasteiger partial charge on any atom is -0.408 e. The molecule has 2 heterocycles. The van der Waals surface area contributed by atoms with Gasteiger partial charge < -0.3 is 9.73 Å². The van der Waals surface area contributed by atoms with E-state index < -0.39 is 15.8 Å². The third kappa shape index (κ3) is 4.39. The molecule has 0 aliphatic carbocycles. The van der Waals surface area contributed by atoms with Gasteiger partial charge in [-0.2, -0.15) is 4.31 Å². The van der Waals surface area contributed by atoms with Gasteiger partial charge in [0.2, 0.25) is 15.9 Å². The summed E-state index contributed by atoms with van der Waals surface area (Å²) in [4.78, 5) is 24.7. The van der Waals surface area contributed by atoms with Gasteiger partial charge in [-0.15, -0.1) is 0 Å². The molecule has 1 fully saturated rings. The molecule has 0 radical (unpaired) electrons. The fourth-order valence-corrected chi connectivity index (χ4v) is 5.32. The number of hydrogen-bond donors (Lipinski definition) is 1. The van der Waals surface area contributed by atoms with Crippen molar-refractivity contribution in [3.63, 3.8) is 0 Å². The van der Waals surface area contributed by atoms with E-state index in [9.17, 15) is 18.0 Å². The van der Waals surface area contributed by atoms with Crippen LogP contribution in [0.15, 0.2) is 50.5 Å². The third-order valence-corrected chi connectivity index (χ3v) is 7.66. The van der Waals surface area contributed by atoms with Crippen molar-refractivity contribution in [1.82, 2.24) is 8.87 Å². The van der Waals surface area contributed by atoms with Gasteiger partial charge in [-0.1, -0.05) is 17.7 Å². The Kier molecular flexibility index (Phi) is 5.92. The van der Waals surface area contributed by atoms with Gasteiger partial charge in [-0.3, -0.25) is 9.36 Å². The zero-order valence-corrected chi connectivity index (χ0v) is 18.5. The number of rotatable bonds is 6. The first-order valence-corrected chi connectivity index (χ1v) is 11.8. The van der Waals surface area contributed by atoms with Crippen molar-refractivity contribution < 1.29 is 17.6 Å². The SMILES string of the molecule is Cc1ccc(NC(=O)CCn2c(=O)oc3cc(S(=O)(=O)N4CCCC4)ccc32)cc1Cl. The number of nitrogens with one attached hydrogen (secondary N) is 1. The number of carbonyl (C=O) groups is 1. The molecule has 31 heavy (non-hydrogen) atoms. The van der Waals surface area contributed by atoms with Crippen LogP contribution in [0.5, 0.6) is 0 Å².